The van der Waals surface area contributed by atoms with Crippen LogP contribution in [0.3, 0.4) is 0 Å². The maximum Gasteiger partial charge on any atom is 0.239 e. The van der Waals surface area contributed by atoms with Crippen molar-refractivity contribution in [1.29, 1.82) is 0 Å². The van der Waals surface area contributed by atoms with E-state index in [2.05, 4.69) is 20.8 Å². The van der Waals surface area contributed by atoms with Crippen molar-refractivity contribution in [1.82, 2.24) is 4.90 Å². The van der Waals surface area contributed by atoms with E-state index < -0.39 is 0 Å². The van der Waals surface area contributed by atoms with Crippen LogP contribution in [0.15, 0.2) is 0 Å². The summed E-state index contributed by atoms with van der Waals surface area (Å²) in [6.07, 6.45) is 2.23. The van der Waals surface area contributed by atoms with Gasteiger partial charge in [-0.2, -0.15) is 0 Å². The number of carbonyl (C=O) groups excluding carboxylic acids is 1. The van der Waals surface area contributed by atoms with Crippen LogP contribution in [0.5, 0.6) is 0 Å². The minimum absolute atomic E-state index is 0.0994. The fraction of sp³-hybridized carbons (Fsp3) is 0.917. The maximum absolute atomic E-state index is 11.7. The van der Waals surface area contributed by atoms with Gasteiger partial charge in [-0.15, -0.1) is 0 Å². The zero-order valence-electron chi connectivity index (χ0n) is 10.4. The molecular weight excluding hydrogens is 188 g/mol. The van der Waals surface area contributed by atoms with E-state index in [4.69, 9.17) is 5.73 Å². The molecule has 0 aromatic heterocycles. The average molecular weight is 212 g/mol. The third-order valence-electron chi connectivity index (χ3n) is 3.42. The molecule has 0 saturated carbocycles. The highest BCUT2D eigenvalue weighted by Crippen LogP contribution is 2.34. The van der Waals surface area contributed by atoms with Gasteiger partial charge in [-0.1, -0.05) is 20.8 Å². The number of amides is 1. The van der Waals surface area contributed by atoms with Crippen LogP contribution in [0.1, 0.15) is 40.5 Å². The molecule has 2 N–H and O–H groups in total. The van der Waals surface area contributed by atoms with Crippen molar-refractivity contribution in [3.8, 4) is 0 Å². The van der Waals surface area contributed by atoms with Crippen LogP contribution in [0.25, 0.3) is 0 Å². The molecule has 88 valence electrons. The molecule has 1 aliphatic rings. The van der Waals surface area contributed by atoms with Gasteiger partial charge in [-0.25, -0.2) is 0 Å². The molecule has 1 amide bonds. The van der Waals surface area contributed by atoms with Crippen LogP contribution in [-0.2, 0) is 4.79 Å². The summed E-state index contributed by atoms with van der Waals surface area (Å²) in [4.78, 5) is 13.6. The molecule has 0 spiro atoms. The lowest BCUT2D eigenvalue weighted by atomic mass is 9.75. The smallest absolute Gasteiger partial charge is 0.239 e. The van der Waals surface area contributed by atoms with Crippen molar-refractivity contribution < 1.29 is 4.79 Å². The summed E-state index contributed by atoms with van der Waals surface area (Å²) in [5, 5.41) is 0. The Morgan fingerprint density at radius 3 is 2.13 bits per heavy atom. The molecule has 0 bridgehead atoms. The second-order valence-corrected chi connectivity index (χ2v) is 5.75. The fourth-order valence-corrected chi connectivity index (χ4v) is 2.25. The first kappa shape index (κ1) is 12.5. The highest BCUT2D eigenvalue weighted by molar-refractivity contribution is 5.81. The van der Waals surface area contributed by atoms with Gasteiger partial charge in [0.25, 0.3) is 0 Å². The molecule has 3 heteroatoms. The van der Waals surface area contributed by atoms with Crippen LogP contribution in [0.4, 0.5) is 0 Å². The summed E-state index contributed by atoms with van der Waals surface area (Å²) >= 11 is 0. The Morgan fingerprint density at radius 2 is 1.80 bits per heavy atom. The van der Waals surface area contributed by atoms with Gasteiger partial charge in [0.1, 0.15) is 0 Å². The number of likely N-dealkylation sites (tertiary alicyclic amines) is 1. The topological polar surface area (TPSA) is 46.3 Å². The van der Waals surface area contributed by atoms with Gasteiger partial charge in [-0.05, 0) is 31.1 Å². The molecule has 1 aliphatic heterocycles. The third kappa shape index (κ3) is 3.20. The standard InChI is InChI=1S/C12H24N2O/c1-9(13)11(15)14-7-5-10(6-8-14)12(2,3)4/h9-10H,5-8,13H2,1-4H3. The van der Waals surface area contributed by atoms with Gasteiger partial charge >= 0.3 is 0 Å². The van der Waals surface area contributed by atoms with Crippen molar-refractivity contribution in [3.63, 3.8) is 0 Å². The number of hydrogen-bond donors (Lipinski definition) is 1. The number of rotatable bonds is 1. The van der Waals surface area contributed by atoms with Gasteiger partial charge in [-0.3, -0.25) is 4.79 Å². The van der Waals surface area contributed by atoms with Gasteiger partial charge in [0.15, 0.2) is 0 Å². The van der Waals surface area contributed by atoms with Crippen molar-refractivity contribution >= 4 is 5.91 Å². The Morgan fingerprint density at radius 1 is 1.33 bits per heavy atom. The minimum atomic E-state index is -0.351. The van der Waals surface area contributed by atoms with Crippen LogP contribution in [0.2, 0.25) is 0 Å². The Kier molecular flexibility index (Phi) is 3.77. The van der Waals surface area contributed by atoms with Gasteiger partial charge < -0.3 is 10.6 Å². The summed E-state index contributed by atoms with van der Waals surface area (Å²) in [6, 6.07) is -0.351. The normalized spacial score (nSPS) is 21.5. The molecule has 1 atom stereocenters. The molecule has 1 rings (SSSR count). The van der Waals surface area contributed by atoms with Crippen molar-refractivity contribution in [2.45, 2.75) is 46.6 Å². The van der Waals surface area contributed by atoms with Crippen molar-refractivity contribution in [3.05, 3.63) is 0 Å². The number of hydrogen-bond acceptors (Lipinski definition) is 2. The molecule has 1 fully saturated rings. The second-order valence-electron chi connectivity index (χ2n) is 5.75. The fourth-order valence-electron chi connectivity index (χ4n) is 2.25. The van der Waals surface area contributed by atoms with E-state index in [9.17, 15) is 4.79 Å². The highest BCUT2D eigenvalue weighted by atomic mass is 16.2. The molecule has 0 radical (unpaired) electrons. The molecular formula is C12H24N2O. The monoisotopic (exact) mass is 212 g/mol. The molecule has 3 nitrogen and oxygen atoms in total. The Balaban J connectivity index is 2.46. The summed E-state index contributed by atoms with van der Waals surface area (Å²) in [7, 11) is 0. The van der Waals surface area contributed by atoms with Crippen LogP contribution in [0, 0.1) is 11.3 Å². The molecule has 1 unspecified atom stereocenters. The summed E-state index contributed by atoms with van der Waals surface area (Å²) in [6.45, 7) is 10.4. The summed E-state index contributed by atoms with van der Waals surface area (Å²) in [5.74, 6) is 0.831. The quantitative estimate of drug-likeness (QED) is 0.718. The number of nitrogens with zero attached hydrogens (tertiary/aromatic N) is 1. The van der Waals surface area contributed by atoms with E-state index >= 15 is 0 Å². The predicted molar refractivity (Wildman–Crippen MR) is 62.4 cm³/mol. The Hall–Kier alpha value is -0.570. The Bertz CT molecular complexity index is 222. The molecule has 0 aromatic carbocycles. The second kappa shape index (κ2) is 4.52. The summed E-state index contributed by atoms with van der Waals surface area (Å²) < 4.78 is 0. The van der Waals surface area contributed by atoms with Gasteiger partial charge in [0.2, 0.25) is 5.91 Å². The lowest BCUT2D eigenvalue weighted by Crippen LogP contribution is -2.47. The van der Waals surface area contributed by atoms with E-state index in [0.717, 1.165) is 31.8 Å². The number of nitrogens with two attached hydrogens (primary N) is 1. The molecule has 0 aliphatic carbocycles. The first-order chi connectivity index (χ1) is 6.82. The van der Waals surface area contributed by atoms with Gasteiger partial charge in [0, 0.05) is 13.1 Å². The SMILES string of the molecule is CC(N)C(=O)N1CCC(C(C)(C)C)CC1. The molecule has 1 heterocycles. The molecule has 0 aromatic rings. The predicted octanol–water partition coefficient (Wildman–Crippen LogP) is 1.62. The lowest BCUT2D eigenvalue weighted by Gasteiger charge is -2.39. The number of carbonyl (C=O) groups is 1. The minimum Gasteiger partial charge on any atom is -0.341 e. The molecule has 1 saturated heterocycles. The van der Waals surface area contributed by atoms with Crippen LogP contribution >= 0.6 is 0 Å². The largest absolute Gasteiger partial charge is 0.341 e. The van der Waals surface area contributed by atoms with E-state index in [-0.39, 0.29) is 11.9 Å². The van der Waals surface area contributed by atoms with Crippen LogP contribution in [-0.4, -0.2) is 29.9 Å². The maximum atomic E-state index is 11.7. The lowest BCUT2D eigenvalue weighted by molar-refractivity contribution is -0.134. The average Bonchev–Trinajstić information content (AvgIpc) is 2.15. The third-order valence-corrected chi connectivity index (χ3v) is 3.42. The number of piperidine rings is 1. The molecule has 15 heavy (non-hydrogen) atoms. The van der Waals surface area contributed by atoms with Crippen molar-refractivity contribution in [2.24, 2.45) is 17.1 Å². The zero-order valence-corrected chi connectivity index (χ0v) is 10.4. The zero-order chi connectivity index (χ0) is 11.6. The van der Waals surface area contributed by atoms with E-state index in [1.165, 1.54) is 0 Å². The van der Waals surface area contributed by atoms with Crippen LogP contribution < -0.4 is 5.73 Å². The van der Waals surface area contributed by atoms with E-state index in [0.29, 0.717) is 5.41 Å². The summed E-state index contributed by atoms with van der Waals surface area (Å²) in [5.41, 5.74) is 5.96. The van der Waals surface area contributed by atoms with Crippen molar-refractivity contribution in [2.75, 3.05) is 13.1 Å². The van der Waals surface area contributed by atoms with E-state index in [1.807, 2.05) is 4.90 Å². The van der Waals surface area contributed by atoms with Gasteiger partial charge in [0.05, 0.1) is 6.04 Å². The highest BCUT2D eigenvalue weighted by Gasteiger charge is 2.30. The Labute approximate surface area is 93.0 Å². The van der Waals surface area contributed by atoms with E-state index in [1.54, 1.807) is 6.92 Å². The first-order valence-corrected chi connectivity index (χ1v) is 5.86. The first-order valence-electron chi connectivity index (χ1n) is 5.86.